The van der Waals surface area contributed by atoms with Crippen molar-refractivity contribution in [1.29, 1.82) is 0 Å². The van der Waals surface area contributed by atoms with E-state index in [0.717, 1.165) is 11.1 Å². The number of amides is 1. The van der Waals surface area contributed by atoms with Gasteiger partial charge in [-0.1, -0.05) is 24.3 Å². The van der Waals surface area contributed by atoms with Crippen LogP contribution in [0.15, 0.2) is 40.8 Å². The van der Waals surface area contributed by atoms with Crippen LogP contribution in [0, 0.1) is 6.92 Å². The van der Waals surface area contributed by atoms with Crippen molar-refractivity contribution in [2.24, 2.45) is 0 Å². The van der Waals surface area contributed by atoms with Crippen molar-refractivity contribution in [2.75, 3.05) is 7.05 Å². The number of carbonyl (C=O) groups is 2. The molecule has 1 aromatic heterocycles. The van der Waals surface area contributed by atoms with Gasteiger partial charge in [-0.3, -0.25) is 4.79 Å². The van der Waals surface area contributed by atoms with Crippen LogP contribution in [0.3, 0.4) is 0 Å². The van der Waals surface area contributed by atoms with Crippen LogP contribution in [0.4, 0.5) is 0 Å². The minimum atomic E-state index is -1.19. The molecule has 0 aliphatic rings. The van der Waals surface area contributed by atoms with Gasteiger partial charge in [0, 0.05) is 7.05 Å². The lowest BCUT2D eigenvalue weighted by molar-refractivity contribution is 0.0647. The molecule has 0 saturated heterocycles. The van der Waals surface area contributed by atoms with Crippen LogP contribution in [0.25, 0.3) is 0 Å². The molecule has 0 radical (unpaired) electrons. The number of benzene rings is 1. The van der Waals surface area contributed by atoms with Crippen LogP contribution in [0.1, 0.15) is 45.2 Å². The number of furan rings is 1. The zero-order chi connectivity index (χ0) is 15.6. The Morgan fingerprint density at radius 2 is 1.76 bits per heavy atom. The smallest absolute Gasteiger partial charge is 0.371 e. The first-order valence-electron chi connectivity index (χ1n) is 6.57. The third-order valence-electron chi connectivity index (χ3n) is 3.57. The molecule has 1 heterocycles. The van der Waals surface area contributed by atoms with Crippen molar-refractivity contribution in [3.05, 3.63) is 59.0 Å². The van der Waals surface area contributed by atoms with E-state index in [4.69, 9.17) is 9.52 Å². The normalized spacial score (nSPS) is 12.0. The summed E-state index contributed by atoms with van der Waals surface area (Å²) in [5, 5.41) is 8.82. The highest BCUT2D eigenvalue weighted by Gasteiger charge is 2.23. The Kier molecular flexibility index (Phi) is 4.12. The SMILES string of the molecule is Cc1ccccc1C(C)N(C)C(=O)c1ccc(C(=O)O)o1. The molecule has 5 heteroatoms. The van der Waals surface area contributed by atoms with E-state index in [1.54, 1.807) is 7.05 Å². The number of hydrogen-bond donors (Lipinski definition) is 1. The van der Waals surface area contributed by atoms with Gasteiger partial charge in [-0.2, -0.15) is 0 Å². The summed E-state index contributed by atoms with van der Waals surface area (Å²) in [4.78, 5) is 24.7. The Balaban J connectivity index is 2.22. The molecule has 0 fully saturated rings. The number of rotatable bonds is 4. The fourth-order valence-electron chi connectivity index (χ4n) is 2.18. The van der Waals surface area contributed by atoms with Gasteiger partial charge in [-0.25, -0.2) is 4.79 Å². The van der Waals surface area contributed by atoms with Crippen molar-refractivity contribution in [1.82, 2.24) is 4.90 Å². The minimum absolute atomic E-state index is 0.0235. The summed E-state index contributed by atoms with van der Waals surface area (Å²) in [6, 6.07) is 10.3. The van der Waals surface area contributed by atoms with E-state index in [-0.39, 0.29) is 23.5 Å². The topological polar surface area (TPSA) is 70.8 Å². The molecule has 110 valence electrons. The van der Waals surface area contributed by atoms with E-state index in [0.29, 0.717) is 0 Å². The van der Waals surface area contributed by atoms with Gasteiger partial charge in [-0.05, 0) is 37.1 Å². The number of carboxylic acids is 1. The quantitative estimate of drug-likeness (QED) is 0.937. The fourth-order valence-corrected chi connectivity index (χ4v) is 2.18. The number of hydrogen-bond acceptors (Lipinski definition) is 3. The highest BCUT2D eigenvalue weighted by Crippen LogP contribution is 2.24. The molecule has 1 unspecified atom stereocenters. The van der Waals surface area contributed by atoms with Crippen LogP contribution in [0.5, 0.6) is 0 Å². The summed E-state index contributed by atoms with van der Waals surface area (Å²) in [5.74, 6) is -1.76. The van der Waals surface area contributed by atoms with Crippen LogP contribution in [-0.4, -0.2) is 28.9 Å². The first kappa shape index (κ1) is 14.8. The summed E-state index contributed by atoms with van der Waals surface area (Å²) in [5.41, 5.74) is 2.13. The summed E-state index contributed by atoms with van der Waals surface area (Å²) in [6.07, 6.45) is 0. The van der Waals surface area contributed by atoms with Crippen LogP contribution >= 0.6 is 0 Å². The third-order valence-corrected chi connectivity index (χ3v) is 3.57. The van der Waals surface area contributed by atoms with E-state index < -0.39 is 5.97 Å². The lowest BCUT2D eigenvalue weighted by atomic mass is 10.0. The second kappa shape index (κ2) is 5.83. The second-order valence-corrected chi connectivity index (χ2v) is 4.92. The molecule has 0 bridgehead atoms. The van der Waals surface area contributed by atoms with E-state index in [9.17, 15) is 9.59 Å². The zero-order valence-corrected chi connectivity index (χ0v) is 12.2. The van der Waals surface area contributed by atoms with Gasteiger partial charge in [0.1, 0.15) is 0 Å². The van der Waals surface area contributed by atoms with Gasteiger partial charge in [0.05, 0.1) is 6.04 Å². The Morgan fingerprint density at radius 1 is 1.14 bits per heavy atom. The Morgan fingerprint density at radius 3 is 2.33 bits per heavy atom. The predicted octanol–water partition coefficient (Wildman–Crippen LogP) is 3.12. The van der Waals surface area contributed by atoms with Crippen molar-refractivity contribution in [3.63, 3.8) is 0 Å². The monoisotopic (exact) mass is 287 g/mol. The molecule has 5 nitrogen and oxygen atoms in total. The Bertz CT molecular complexity index is 674. The van der Waals surface area contributed by atoms with Gasteiger partial charge in [-0.15, -0.1) is 0 Å². The van der Waals surface area contributed by atoms with E-state index in [1.807, 2.05) is 38.1 Å². The van der Waals surface area contributed by atoms with Crippen molar-refractivity contribution in [3.8, 4) is 0 Å². The largest absolute Gasteiger partial charge is 0.475 e. The number of carboxylic acid groups (broad SMARTS) is 1. The molecule has 2 rings (SSSR count). The van der Waals surface area contributed by atoms with Crippen molar-refractivity contribution in [2.45, 2.75) is 19.9 Å². The third kappa shape index (κ3) is 2.97. The summed E-state index contributed by atoms with van der Waals surface area (Å²) < 4.78 is 5.05. The number of carbonyl (C=O) groups excluding carboxylic acids is 1. The summed E-state index contributed by atoms with van der Waals surface area (Å²) in [6.45, 7) is 3.90. The average molecular weight is 287 g/mol. The number of nitrogens with zero attached hydrogens (tertiary/aromatic N) is 1. The van der Waals surface area contributed by atoms with Gasteiger partial charge in [0.15, 0.2) is 5.76 Å². The highest BCUT2D eigenvalue weighted by atomic mass is 16.4. The molecule has 0 aliphatic carbocycles. The number of aromatic carboxylic acids is 1. The predicted molar refractivity (Wildman–Crippen MR) is 77.4 cm³/mol. The summed E-state index contributed by atoms with van der Waals surface area (Å²) >= 11 is 0. The second-order valence-electron chi connectivity index (χ2n) is 4.92. The standard InChI is InChI=1S/C16H17NO4/c1-10-6-4-5-7-12(10)11(2)17(3)15(18)13-8-9-14(21-13)16(19)20/h4-9,11H,1-3H3,(H,19,20). The molecule has 0 aliphatic heterocycles. The molecule has 0 spiro atoms. The average Bonchev–Trinajstić information content (AvgIpc) is 2.95. The van der Waals surface area contributed by atoms with Gasteiger partial charge in [0.2, 0.25) is 5.76 Å². The van der Waals surface area contributed by atoms with Crippen LogP contribution in [0.2, 0.25) is 0 Å². The molecule has 1 N–H and O–H groups in total. The van der Waals surface area contributed by atoms with Gasteiger partial charge in [0.25, 0.3) is 5.91 Å². The lowest BCUT2D eigenvalue weighted by Gasteiger charge is -2.25. The molecular weight excluding hydrogens is 270 g/mol. The molecule has 1 aromatic carbocycles. The van der Waals surface area contributed by atoms with Gasteiger partial charge >= 0.3 is 5.97 Å². The van der Waals surface area contributed by atoms with Crippen molar-refractivity contribution < 1.29 is 19.1 Å². The molecule has 0 saturated carbocycles. The zero-order valence-electron chi connectivity index (χ0n) is 12.2. The first-order chi connectivity index (χ1) is 9.91. The summed E-state index contributed by atoms with van der Waals surface area (Å²) in [7, 11) is 1.67. The first-order valence-corrected chi connectivity index (χ1v) is 6.57. The molecule has 2 aromatic rings. The highest BCUT2D eigenvalue weighted by molar-refractivity contribution is 5.93. The maximum Gasteiger partial charge on any atom is 0.371 e. The fraction of sp³-hybridized carbons (Fsp3) is 0.250. The Hall–Kier alpha value is -2.56. The van der Waals surface area contributed by atoms with Crippen LogP contribution < -0.4 is 0 Å². The maximum absolute atomic E-state index is 12.3. The molecule has 21 heavy (non-hydrogen) atoms. The molecular formula is C16H17NO4. The molecule has 1 amide bonds. The minimum Gasteiger partial charge on any atom is -0.475 e. The lowest BCUT2D eigenvalue weighted by Crippen LogP contribution is -2.29. The van der Waals surface area contributed by atoms with Crippen LogP contribution in [-0.2, 0) is 0 Å². The van der Waals surface area contributed by atoms with E-state index in [1.165, 1.54) is 17.0 Å². The van der Waals surface area contributed by atoms with E-state index >= 15 is 0 Å². The maximum atomic E-state index is 12.3. The van der Waals surface area contributed by atoms with Gasteiger partial charge < -0.3 is 14.4 Å². The number of aryl methyl sites for hydroxylation is 1. The van der Waals surface area contributed by atoms with Crippen molar-refractivity contribution >= 4 is 11.9 Å². The van der Waals surface area contributed by atoms with E-state index in [2.05, 4.69) is 0 Å². The molecule has 1 atom stereocenters. The Labute approximate surface area is 122 Å².